The molecule has 2 heterocycles. The molecule has 1 saturated heterocycles. The van der Waals surface area contributed by atoms with Crippen molar-refractivity contribution in [3.8, 4) is 12.3 Å². The molecule has 0 spiro atoms. The van der Waals surface area contributed by atoms with E-state index in [2.05, 4.69) is 33.3 Å². The molecule has 17 heavy (non-hydrogen) atoms. The second-order valence-electron chi connectivity index (χ2n) is 4.37. The average molecular weight is 229 g/mol. The molecule has 0 aliphatic carbocycles. The van der Waals surface area contributed by atoms with Gasteiger partial charge in [0.15, 0.2) is 0 Å². The molecule has 1 aliphatic rings. The number of anilines is 1. The predicted octanol–water partition coefficient (Wildman–Crippen LogP) is 1.66. The molecule has 0 amide bonds. The Balaban J connectivity index is 1.77. The first-order valence-corrected chi connectivity index (χ1v) is 6.22. The Morgan fingerprint density at radius 1 is 1.35 bits per heavy atom. The third-order valence-corrected chi connectivity index (χ3v) is 3.23. The number of hydrogen-bond acceptors (Lipinski definition) is 3. The summed E-state index contributed by atoms with van der Waals surface area (Å²) in [6.45, 7) is 3.16. The summed E-state index contributed by atoms with van der Waals surface area (Å²) in [4.78, 5) is 6.46. The van der Waals surface area contributed by atoms with E-state index in [0.29, 0.717) is 6.04 Å². The molecule has 90 valence electrons. The van der Waals surface area contributed by atoms with Crippen LogP contribution < -0.4 is 10.2 Å². The average Bonchev–Trinajstić information content (AvgIpc) is 2.41. The zero-order valence-electron chi connectivity index (χ0n) is 10.1. The van der Waals surface area contributed by atoms with E-state index in [-0.39, 0.29) is 0 Å². The van der Waals surface area contributed by atoms with Crippen LogP contribution in [-0.2, 0) is 0 Å². The lowest BCUT2D eigenvalue weighted by molar-refractivity contribution is 0.419. The largest absolute Gasteiger partial charge is 0.371 e. The Hall–Kier alpha value is -1.53. The van der Waals surface area contributed by atoms with Gasteiger partial charge >= 0.3 is 0 Å². The molecule has 0 radical (unpaired) electrons. The lowest BCUT2D eigenvalue weighted by Crippen LogP contribution is -2.42. The van der Waals surface area contributed by atoms with E-state index in [1.54, 1.807) is 0 Å². The van der Waals surface area contributed by atoms with E-state index < -0.39 is 0 Å². The van der Waals surface area contributed by atoms with Crippen molar-refractivity contribution in [2.24, 2.45) is 0 Å². The van der Waals surface area contributed by atoms with Crippen LogP contribution in [0.4, 0.5) is 5.69 Å². The van der Waals surface area contributed by atoms with E-state index in [4.69, 9.17) is 6.42 Å². The highest BCUT2D eigenvalue weighted by atomic mass is 15.1. The number of hydrogen-bond donors (Lipinski definition) is 1. The molecule has 1 aromatic rings. The number of nitrogens with zero attached hydrogens (tertiary/aromatic N) is 2. The van der Waals surface area contributed by atoms with Crippen molar-refractivity contribution < 1.29 is 0 Å². The van der Waals surface area contributed by atoms with Gasteiger partial charge in [0.2, 0.25) is 0 Å². The number of terminal acetylenes is 1. The van der Waals surface area contributed by atoms with Gasteiger partial charge in [-0.3, -0.25) is 4.98 Å². The first-order valence-electron chi connectivity index (χ1n) is 6.22. The number of rotatable bonds is 4. The van der Waals surface area contributed by atoms with Gasteiger partial charge < -0.3 is 10.2 Å². The highest BCUT2D eigenvalue weighted by Gasteiger charge is 2.18. The summed E-state index contributed by atoms with van der Waals surface area (Å²) in [6.07, 6.45) is 12.1. The van der Waals surface area contributed by atoms with Crippen LogP contribution in [-0.4, -0.2) is 30.7 Å². The van der Waals surface area contributed by atoms with Crippen molar-refractivity contribution in [1.82, 2.24) is 10.3 Å². The molecule has 0 atom stereocenters. The van der Waals surface area contributed by atoms with Crippen LogP contribution in [0.5, 0.6) is 0 Å². The molecule has 1 N–H and O–H groups in total. The van der Waals surface area contributed by atoms with E-state index >= 15 is 0 Å². The molecule has 3 heteroatoms. The molecule has 1 aliphatic heterocycles. The van der Waals surface area contributed by atoms with Crippen LogP contribution in [0.15, 0.2) is 24.5 Å². The summed E-state index contributed by atoms with van der Waals surface area (Å²) < 4.78 is 0. The molecule has 2 rings (SSSR count). The lowest BCUT2D eigenvalue weighted by Gasteiger charge is -2.33. The van der Waals surface area contributed by atoms with Gasteiger partial charge in [0.05, 0.1) is 0 Å². The van der Waals surface area contributed by atoms with Crippen molar-refractivity contribution in [2.75, 3.05) is 24.5 Å². The summed E-state index contributed by atoms with van der Waals surface area (Å²) in [5.74, 6) is 2.66. The number of nitrogens with one attached hydrogen (secondary N) is 1. The molecule has 0 bridgehead atoms. The first-order chi connectivity index (χ1) is 8.40. The van der Waals surface area contributed by atoms with Gasteiger partial charge in [0, 0.05) is 50.2 Å². The molecular formula is C14H19N3. The Kier molecular flexibility index (Phi) is 4.40. The predicted molar refractivity (Wildman–Crippen MR) is 70.9 cm³/mol. The van der Waals surface area contributed by atoms with Crippen molar-refractivity contribution >= 4 is 5.69 Å². The Morgan fingerprint density at radius 3 is 2.71 bits per heavy atom. The molecule has 0 aromatic carbocycles. The third-order valence-electron chi connectivity index (χ3n) is 3.23. The standard InChI is InChI=1S/C14H19N3/c1-2-3-8-16-13-6-11-17(12-7-13)14-4-9-15-10-5-14/h1,4-5,9-10,13,16H,3,6-8,11-12H2. The zero-order valence-corrected chi connectivity index (χ0v) is 10.1. The quantitative estimate of drug-likeness (QED) is 0.629. The minimum Gasteiger partial charge on any atom is -0.371 e. The lowest BCUT2D eigenvalue weighted by atomic mass is 10.0. The van der Waals surface area contributed by atoms with Crippen LogP contribution in [0.1, 0.15) is 19.3 Å². The van der Waals surface area contributed by atoms with E-state index in [0.717, 1.165) is 26.1 Å². The molecule has 1 fully saturated rings. The maximum absolute atomic E-state index is 5.24. The van der Waals surface area contributed by atoms with Gasteiger partial charge in [-0.25, -0.2) is 0 Å². The van der Waals surface area contributed by atoms with Crippen LogP contribution in [0.25, 0.3) is 0 Å². The number of aromatic nitrogens is 1. The summed E-state index contributed by atoms with van der Waals surface area (Å²) in [7, 11) is 0. The van der Waals surface area contributed by atoms with Crippen LogP contribution in [0.2, 0.25) is 0 Å². The van der Waals surface area contributed by atoms with Gasteiger partial charge in [-0.05, 0) is 25.0 Å². The Labute approximate surface area is 103 Å². The minimum absolute atomic E-state index is 0.626. The van der Waals surface area contributed by atoms with Gasteiger partial charge in [-0.15, -0.1) is 12.3 Å². The van der Waals surface area contributed by atoms with Gasteiger partial charge in [0.25, 0.3) is 0 Å². The number of piperidine rings is 1. The van der Waals surface area contributed by atoms with Crippen LogP contribution in [0, 0.1) is 12.3 Å². The molecule has 1 aromatic heterocycles. The van der Waals surface area contributed by atoms with E-state index in [1.165, 1.54) is 18.5 Å². The molecule has 3 nitrogen and oxygen atoms in total. The van der Waals surface area contributed by atoms with Gasteiger partial charge in [-0.2, -0.15) is 0 Å². The second-order valence-corrected chi connectivity index (χ2v) is 4.37. The Bertz CT molecular complexity index is 361. The fourth-order valence-electron chi connectivity index (χ4n) is 2.25. The fourth-order valence-corrected chi connectivity index (χ4v) is 2.25. The van der Waals surface area contributed by atoms with Crippen molar-refractivity contribution in [2.45, 2.75) is 25.3 Å². The molecular weight excluding hydrogens is 210 g/mol. The number of pyridine rings is 1. The van der Waals surface area contributed by atoms with Crippen LogP contribution in [0.3, 0.4) is 0 Å². The summed E-state index contributed by atoms with van der Waals surface area (Å²) >= 11 is 0. The van der Waals surface area contributed by atoms with Crippen molar-refractivity contribution in [1.29, 1.82) is 0 Å². The zero-order chi connectivity index (χ0) is 11.9. The highest BCUT2D eigenvalue weighted by Crippen LogP contribution is 2.18. The maximum atomic E-state index is 5.24. The van der Waals surface area contributed by atoms with E-state index in [1.807, 2.05) is 12.4 Å². The monoisotopic (exact) mass is 229 g/mol. The van der Waals surface area contributed by atoms with E-state index in [9.17, 15) is 0 Å². The van der Waals surface area contributed by atoms with Crippen molar-refractivity contribution in [3.05, 3.63) is 24.5 Å². The topological polar surface area (TPSA) is 28.2 Å². The molecule has 0 saturated carbocycles. The second kappa shape index (κ2) is 6.27. The summed E-state index contributed by atoms with van der Waals surface area (Å²) in [5, 5.41) is 3.51. The maximum Gasteiger partial charge on any atom is 0.0397 e. The molecule has 0 unspecified atom stereocenters. The minimum atomic E-state index is 0.626. The van der Waals surface area contributed by atoms with Crippen molar-refractivity contribution in [3.63, 3.8) is 0 Å². The SMILES string of the molecule is C#CCCNC1CCN(c2ccncc2)CC1. The summed E-state index contributed by atoms with van der Waals surface area (Å²) in [6, 6.07) is 4.78. The summed E-state index contributed by atoms with van der Waals surface area (Å²) in [5.41, 5.74) is 1.28. The smallest absolute Gasteiger partial charge is 0.0397 e. The highest BCUT2D eigenvalue weighted by molar-refractivity contribution is 5.44. The van der Waals surface area contributed by atoms with Gasteiger partial charge in [0.1, 0.15) is 0 Å². The van der Waals surface area contributed by atoms with Gasteiger partial charge in [-0.1, -0.05) is 0 Å². The first kappa shape index (κ1) is 11.9. The normalized spacial score (nSPS) is 16.8. The van der Waals surface area contributed by atoms with Crippen LogP contribution >= 0.6 is 0 Å². The Morgan fingerprint density at radius 2 is 2.06 bits per heavy atom. The third kappa shape index (κ3) is 3.47. The fraction of sp³-hybridized carbons (Fsp3) is 0.500.